The van der Waals surface area contributed by atoms with E-state index in [1.165, 1.54) is 38.0 Å². The highest BCUT2D eigenvalue weighted by Gasteiger charge is 2.37. The number of alkyl halides is 2. The second-order valence-corrected chi connectivity index (χ2v) is 12.9. The molecule has 0 saturated carbocycles. The first-order valence-electron chi connectivity index (χ1n) is 14.5. The first-order chi connectivity index (χ1) is 21.2. The summed E-state index contributed by atoms with van der Waals surface area (Å²) >= 11 is 1.14. The van der Waals surface area contributed by atoms with Gasteiger partial charge in [-0.2, -0.15) is 0 Å². The van der Waals surface area contributed by atoms with E-state index in [1.54, 1.807) is 24.0 Å². The van der Waals surface area contributed by atoms with Gasteiger partial charge in [0, 0.05) is 25.6 Å². The van der Waals surface area contributed by atoms with Crippen molar-refractivity contribution in [3.63, 3.8) is 0 Å². The molecule has 242 valence electrons. The van der Waals surface area contributed by atoms with Crippen LogP contribution in [0.4, 0.5) is 8.78 Å². The normalized spacial score (nSPS) is 15.9. The van der Waals surface area contributed by atoms with Gasteiger partial charge in [0.25, 0.3) is 11.5 Å². The summed E-state index contributed by atoms with van der Waals surface area (Å²) < 4.78 is 47.2. The van der Waals surface area contributed by atoms with E-state index >= 15 is 0 Å². The van der Waals surface area contributed by atoms with E-state index in [9.17, 15) is 28.3 Å². The van der Waals surface area contributed by atoms with Gasteiger partial charge in [0.15, 0.2) is 0 Å². The number of aromatic nitrogens is 3. The van der Waals surface area contributed by atoms with Crippen molar-refractivity contribution < 1.29 is 32.6 Å². The van der Waals surface area contributed by atoms with Crippen LogP contribution in [0.2, 0.25) is 0 Å². The van der Waals surface area contributed by atoms with Crippen LogP contribution in [-0.2, 0) is 21.6 Å². The molecule has 45 heavy (non-hydrogen) atoms. The fourth-order valence-corrected chi connectivity index (χ4v) is 7.02. The number of fused-ring (bicyclic) bond motifs is 1. The van der Waals surface area contributed by atoms with Gasteiger partial charge in [-0.05, 0) is 45.2 Å². The van der Waals surface area contributed by atoms with Crippen LogP contribution in [0.15, 0.2) is 50.7 Å². The van der Waals surface area contributed by atoms with Gasteiger partial charge in [-0.1, -0.05) is 18.2 Å². The summed E-state index contributed by atoms with van der Waals surface area (Å²) in [5.74, 6) is -3.39. The molecule has 1 aromatic carbocycles. The van der Waals surface area contributed by atoms with Crippen molar-refractivity contribution in [1.29, 1.82) is 0 Å². The zero-order chi connectivity index (χ0) is 32.7. The number of hydrogen-bond acceptors (Lipinski definition) is 9. The van der Waals surface area contributed by atoms with Crippen molar-refractivity contribution in [2.24, 2.45) is 0 Å². The molecule has 1 aliphatic heterocycles. The number of carboxylic acid groups (broad SMARTS) is 1. The van der Waals surface area contributed by atoms with Crippen LogP contribution in [0.1, 0.15) is 50.8 Å². The molecule has 14 heteroatoms. The number of hydrogen-bond donors (Lipinski definition) is 1. The standard InChI is InChI=1S/C31H36F2N4O7S/c1-18-23-26(38)37(30(2,3)28(39)40)29(41)36(27(23)45-24(18)25-34-12-15-43-25)16-22(20-8-6-7-9-21(20)42-5)44-19-10-13-35(14-11-19)17-31(4,32)33/h6-9,12,15,19,22H,10-11,13-14,16-17H2,1-5H3,(H,39,40). The second-order valence-electron chi connectivity index (χ2n) is 11.9. The van der Waals surface area contributed by atoms with Gasteiger partial charge in [-0.15, -0.1) is 11.3 Å². The number of halogens is 2. The molecule has 0 spiro atoms. The Hall–Kier alpha value is -3.88. The first kappa shape index (κ1) is 32.5. The molecular formula is C31H36F2N4O7S. The predicted molar refractivity (Wildman–Crippen MR) is 164 cm³/mol. The molecule has 3 aromatic heterocycles. The van der Waals surface area contributed by atoms with E-state index in [4.69, 9.17) is 13.9 Å². The number of para-hydroxylation sites is 1. The highest BCUT2D eigenvalue weighted by Crippen LogP contribution is 2.38. The van der Waals surface area contributed by atoms with E-state index in [2.05, 4.69) is 4.98 Å². The minimum absolute atomic E-state index is 0.0933. The summed E-state index contributed by atoms with van der Waals surface area (Å²) in [6.07, 6.45) is 2.75. The minimum Gasteiger partial charge on any atom is -0.496 e. The number of nitrogens with zero attached hydrogens (tertiary/aromatic N) is 4. The first-order valence-corrected chi connectivity index (χ1v) is 15.4. The zero-order valence-electron chi connectivity index (χ0n) is 25.7. The highest BCUT2D eigenvalue weighted by atomic mass is 32.1. The van der Waals surface area contributed by atoms with Gasteiger partial charge in [0.2, 0.25) is 5.89 Å². The van der Waals surface area contributed by atoms with E-state index in [1.807, 2.05) is 12.1 Å². The third kappa shape index (κ3) is 6.44. The lowest BCUT2D eigenvalue weighted by atomic mass is 10.0. The molecule has 1 atom stereocenters. The van der Waals surface area contributed by atoms with Crippen LogP contribution in [-0.4, -0.2) is 68.9 Å². The van der Waals surface area contributed by atoms with E-state index in [0.717, 1.165) is 22.8 Å². The van der Waals surface area contributed by atoms with Crippen molar-refractivity contribution in [2.75, 3.05) is 26.7 Å². The number of rotatable bonds is 11. The molecule has 0 radical (unpaired) electrons. The molecule has 1 aliphatic rings. The maximum atomic E-state index is 14.2. The van der Waals surface area contributed by atoms with Crippen LogP contribution in [0.25, 0.3) is 21.0 Å². The van der Waals surface area contributed by atoms with Gasteiger partial charge >= 0.3 is 11.7 Å². The van der Waals surface area contributed by atoms with Crippen LogP contribution < -0.4 is 16.0 Å². The lowest BCUT2D eigenvalue weighted by Gasteiger charge is -2.35. The number of carbonyl (C=O) groups is 1. The second kappa shape index (κ2) is 12.5. The van der Waals surface area contributed by atoms with Gasteiger partial charge in [-0.3, -0.25) is 14.3 Å². The number of oxazole rings is 1. The molecule has 1 saturated heterocycles. The van der Waals surface area contributed by atoms with E-state index in [0.29, 0.717) is 52.5 Å². The maximum Gasteiger partial charge on any atom is 0.333 e. The topological polar surface area (TPSA) is 129 Å². The van der Waals surface area contributed by atoms with Crippen LogP contribution >= 0.6 is 11.3 Å². The van der Waals surface area contributed by atoms with Gasteiger partial charge < -0.3 is 19.0 Å². The average Bonchev–Trinajstić information content (AvgIpc) is 3.63. The Morgan fingerprint density at radius 3 is 2.49 bits per heavy atom. The molecule has 11 nitrogen and oxygen atoms in total. The summed E-state index contributed by atoms with van der Waals surface area (Å²) in [4.78, 5) is 47.2. The average molecular weight is 647 g/mol. The van der Waals surface area contributed by atoms with Gasteiger partial charge in [0.1, 0.15) is 28.5 Å². The number of likely N-dealkylation sites (tertiary alicyclic amines) is 1. The fourth-order valence-electron chi connectivity index (χ4n) is 5.78. The summed E-state index contributed by atoms with van der Waals surface area (Å²) in [5, 5.41) is 10.2. The smallest absolute Gasteiger partial charge is 0.333 e. The summed E-state index contributed by atoms with van der Waals surface area (Å²) in [6, 6.07) is 7.19. The van der Waals surface area contributed by atoms with Gasteiger partial charge in [0.05, 0.1) is 42.8 Å². The minimum atomic E-state index is -2.81. The molecule has 4 aromatic rings. The maximum absolute atomic E-state index is 14.2. The van der Waals surface area contributed by atoms with E-state index < -0.39 is 34.8 Å². The van der Waals surface area contributed by atoms with Crippen LogP contribution in [0.3, 0.4) is 0 Å². The molecule has 5 rings (SSSR count). The molecule has 0 aliphatic carbocycles. The number of carboxylic acids is 1. The largest absolute Gasteiger partial charge is 0.496 e. The van der Waals surface area contributed by atoms with Crippen LogP contribution in [0, 0.1) is 6.92 Å². The molecule has 4 heterocycles. The monoisotopic (exact) mass is 646 g/mol. The summed E-state index contributed by atoms with van der Waals surface area (Å²) in [7, 11) is 1.52. The molecule has 0 bridgehead atoms. The number of piperidine rings is 1. The Kier molecular flexibility index (Phi) is 9.02. The Bertz CT molecular complexity index is 1800. The Morgan fingerprint density at radius 2 is 1.89 bits per heavy atom. The molecule has 1 fully saturated rings. The third-order valence-corrected chi connectivity index (χ3v) is 9.45. The van der Waals surface area contributed by atoms with Gasteiger partial charge in [-0.25, -0.2) is 27.9 Å². The zero-order valence-corrected chi connectivity index (χ0v) is 26.5. The van der Waals surface area contributed by atoms with Crippen LogP contribution in [0.5, 0.6) is 5.75 Å². The number of benzene rings is 1. The van der Waals surface area contributed by atoms with E-state index in [-0.39, 0.29) is 30.5 Å². The summed E-state index contributed by atoms with van der Waals surface area (Å²) in [6.45, 7) is 5.60. The van der Waals surface area contributed by atoms with Crippen molar-refractivity contribution in [1.82, 2.24) is 19.0 Å². The Morgan fingerprint density at radius 1 is 1.20 bits per heavy atom. The number of aryl methyl sites for hydroxylation is 1. The quantitative estimate of drug-likeness (QED) is 0.242. The number of methoxy groups -OCH3 is 1. The Labute approximate surface area is 261 Å². The van der Waals surface area contributed by atoms with Crippen molar-refractivity contribution in [3.05, 3.63) is 68.7 Å². The third-order valence-electron chi connectivity index (χ3n) is 8.15. The van der Waals surface area contributed by atoms with Crippen molar-refractivity contribution in [2.45, 2.75) is 70.8 Å². The SMILES string of the molecule is COc1ccccc1C(Cn1c(=O)n(C(C)(C)C(=O)O)c(=O)c2c(C)c(-c3ncco3)sc21)OC1CCN(CC(C)(F)F)CC1. The predicted octanol–water partition coefficient (Wildman–Crippen LogP) is 4.89. The number of thiophene rings is 1. The lowest BCUT2D eigenvalue weighted by molar-refractivity contribution is -0.146. The highest BCUT2D eigenvalue weighted by molar-refractivity contribution is 7.22. The molecular weight excluding hydrogens is 610 g/mol. The number of ether oxygens (including phenoxy) is 2. The van der Waals surface area contributed by atoms with Crippen molar-refractivity contribution in [3.8, 4) is 16.5 Å². The fraction of sp³-hybridized carbons (Fsp3) is 0.484. The molecule has 0 amide bonds. The van der Waals surface area contributed by atoms with Crippen molar-refractivity contribution >= 4 is 27.5 Å². The number of aliphatic carboxylic acids is 1. The molecule has 1 N–H and O–H groups in total. The lowest BCUT2D eigenvalue weighted by Crippen LogP contribution is -2.52. The summed E-state index contributed by atoms with van der Waals surface area (Å²) in [5.41, 5.74) is -2.29. The Balaban J connectivity index is 1.64. The molecule has 1 unspecified atom stereocenters.